The Morgan fingerprint density at radius 2 is 0.841 bits per heavy atom. The molecule has 4 aromatic rings. The van der Waals surface area contributed by atoms with E-state index < -0.39 is 0 Å². The van der Waals surface area contributed by atoms with Gasteiger partial charge in [-0.15, -0.1) is 0 Å². The molecule has 0 saturated carbocycles. The van der Waals surface area contributed by atoms with Gasteiger partial charge in [-0.2, -0.15) is 0 Å². The van der Waals surface area contributed by atoms with Gasteiger partial charge in [-0.05, 0) is 34.4 Å². The lowest BCUT2D eigenvalue weighted by atomic mass is 10.2. The zero-order valence-electron chi connectivity index (χ0n) is 24.0. The first-order chi connectivity index (χ1) is 21.6. The van der Waals surface area contributed by atoms with Gasteiger partial charge in [-0.1, -0.05) is 145 Å². The number of hydrogen-bond acceptors (Lipinski definition) is 6. The number of hydrogen-bond donors (Lipinski definition) is 0. The number of carbonyl (C=O) groups excluding carboxylic acids is 2. The fraction of sp³-hybridized carbons (Fsp3) is 0.111. The van der Waals surface area contributed by atoms with Crippen molar-refractivity contribution in [3.05, 3.63) is 155 Å². The molecule has 0 saturated heterocycles. The lowest BCUT2D eigenvalue weighted by Crippen LogP contribution is -2.41. The molecule has 0 radical (unpaired) electrons. The van der Waals surface area contributed by atoms with Crippen molar-refractivity contribution >= 4 is 57.8 Å². The van der Waals surface area contributed by atoms with Crippen LogP contribution in [-0.2, 0) is 21.1 Å². The number of aliphatic imine (C=N–C) groups is 2. The number of rotatable bonds is 9. The van der Waals surface area contributed by atoms with Crippen LogP contribution in [0.4, 0.5) is 0 Å². The van der Waals surface area contributed by atoms with Crippen LogP contribution in [-0.4, -0.2) is 45.0 Å². The lowest BCUT2D eigenvalue weighted by molar-refractivity contribution is -0.125. The lowest BCUT2D eigenvalue weighted by Gasteiger charge is -2.23. The number of carbonyl (C=O) groups is 2. The molecule has 6 nitrogen and oxygen atoms in total. The summed E-state index contributed by atoms with van der Waals surface area (Å²) in [5.41, 5.74) is 4.88. The van der Waals surface area contributed by atoms with Gasteiger partial charge in [0.1, 0.15) is 11.4 Å². The molecule has 2 aliphatic rings. The van der Waals surface area contributed by atoms with E-state index in [1.165, 1.54) is 23.5 Å². The fourth-order valence-electron chi connectivity index (χ4n) is 4.73. The summed E-state index contributed by atoms with van der Waals surface area (Å²) in [7, 11) is 0. The number of nitrogens with zero attached hydrogens (tertiary/aromatic N) is 4. The smallest absolute Gasteiger partial charge is 0.278 e. The van der Waals surface area contributed by atoms with E-state index in [4.69, 9.17) is 9.98 Å². The third-order valence-electron chi connectivity index (χ3n) is 7.00. The van der Waals surface area contributed by atoms with E-state index >= 15 is 0 Å². The van der Waals surface area contributed by atoms with Crippen LogP contribution in [0, 0.1) is 0 Å². The second-order valence-electron chi connectivity index (χ2n) is 10.1. The van der Waals surface area contributed by atoms with E-state index in [2.05, 4.69) is 24.3 Å². The third-order valence-corrected chi connectivity index (χ3v) is 9.09. The molecule has 218 valence electrons. The Morgan fingerprint density at radius 1 is 0.500 bits per heavy atom. The Kier molecular flexibility index (Phi) is 9.50. The minimum Gasteiger partial charge on any atom is -0.284 e. The van der Waals surface area contributed by atoms with E-state index in [-0.39, 0.29) is 11.8 Å². The van der Waals surface area contributed by atoms with Gasteiger partial charge in [0.2, 0.25) is 0 Å². The van der Waals surface area contributed by atoms with Gasteiger partial charge in [0.05, 0.1) is 0 Å². The maximum absolute atomic E-state index is 13.7. The number of thioether (sulfide) groups is 2. The van der Waals surface area contributed by atoms with Crippen LogP contribution in [0.2, 0.25) is 0 Å². The summed E-state index contributed by atoms with van der Waals surface area (Å²) in [5.74, 6) is 1.00. The van der Waals surface area contributed by atoms with Crippen LogP contribution < -0.4 is 0 Å². The topological polar surface area (TPSA) is 65.3 Å². The number of amides is 2. The van der Waals surface area contributed by atoms with Crippen LogP contribution in [0.1, 0.15) is 22.3 Å². The average Bonchev–Trinajstić information content (AvgIpc) is 3.53. The first-order valence-corrected chi connectivity index (χ1v) is 16.3. The monoisotopic (exact) mass is 614 g/mol. The maximum Gasteiger partial charge on any atom is 0.278 e. The largest absolute Gasteiger partial charge is 0.284 e. The van der Waals surface area contributed by atoms with Gasteiger partial charge in [0, 0.05) is 24.6 Å². The fourth-order valence-corrected chi connectivity index (χ4v) is 6.70. The summed E-state index contributed by atoms with van der Waals surface area (Å²) in [4.78, 5) is 40.3. The van der Waals surface area contributed by atoms with E-state index in [0.717, 1.165) is 22.3 Å². The van der Waals surface area contributed by atoms with Gasteiger partial charge in [0.15, 0.2) is 10.3 Å². The molecule has 0 unspecified atom stereocenters. The Hall–Kier alpha value is -4.66. The Balaban J connectivity index is 1.23. The standard InChI is InChI=1S/C36H30N4O2S2/c41-33-31(23-27-13-5-1-6-14-27)37-35(43-25-29-17-9-3-10-18-29)39(33)21-22-40-34(42)32(24-28-15-7-2-8-16-28)38-36(40)44-26-30-19-11-4-12-20-30/h1-20,23-24H,21-22,25-26H2/b31-23-,32-24+. The predicted molar refractivity (Wildman–Crippen MR) is 183 cm³/mol. The Bertz CT molecular complexity index is 1610. The highest BCUT2D eigenvalue weighted by Crippen LogP contribution is 2.29. The van der Waals surface area contributed by atoms with E-state index in [0.29, 0.717) is 46.3 Å². The number of benzene rings is 4. The van der Waals surface area contributed by atoms with Gasteiger partial charge < -0.3 is 0 Å². The van der Waals surface area contributed by atoms with Crippen LogP contribution in [0.25, 0.3) is 12.2 Å². The molecule has 2 aliphatic heterocycles. The summed E-state index contributed by atoms with van der Waals surface area (Å²) in [6, 6.07) is 39.7. The molecule has 0 bridgehead atoms. The molecule has 0 N–H and O–H groups in total. The highest BCUT2D eigenvalue weighted by atomic mass is 32.2. The molecular weight excluding hydrogens is 585 g/mol. The zero-order valence-corrected chi connectivity index (χ0v) is 25.6. The summed E-state index contributed by atoms with van der Waals surface area (Å²) in [6.45, 7) is 0.585. The van der Waals surface area contributed by atoms with Crippen molar-refractivity contribution in [1.82, 2.24) is 9.80 Å². The molecule has 0 atom stereocenters. The van der Waals surface area contributed by atoms with Crippen molar-refractivity contribution in [2.75, 3.05) is 13.1 Å². The van der Waals surface area contributed by atoms with Crippen LogP contribution in [0.5, 0.6) is 0 Å². The van der Waals surface area contributed by atoms with Gasteiger partial charge in [-0.3, -0.25) is 19.4 Å². The van der Waals surface area contributed by atoms with Crippen molar-refractivity contribution in [1.29, 1.82) is 0 Å². The van der Waals surface area contributed by atoms with Crippen LogP contribution in [0.3, 0.4) is 0 Å². The highest BCUT2D eigenvalue weighted by Gasteiger charge is 2.35. The second kappa shape index (κ2) is 14.2. The predicted octanol–water partition coefficient (Wildman–Crippen LogP) is 7.33. The van der Waals surface area contributed by atoms with Crippen molar-refractivity contribution in [2.24, 2.45) is 9.98 Å². The minimum absolute atomic E-state index is 0.175. The Morgan fingerprint density at radius 3 is 1.20 bits per heavy atom. The van der Waals surface area contributed by atoms with Gasteiger partial charge >= 0.3 is 0 Å². The van der Waals surface area contributed by atoms with Crippen molar-refractivity contribution < 1.29 is 9.59 Å². The van der Waals surface area contributed by atoms with Gasteiger partial charge in [-0.25, -0.2) is 9.98 Å². The molecule has 6 rings (SSSR count). The van der Waals surface area contributed by atoms with Crippen molar-refractivity contribution in [2.45, 2.75) is 11.5 Å². The second-order valence-corrected chi connectivity index (χ2v) is 12.0. The molecular formula is C36H30N4O2S2. The summed E-state index contributed by atoms with van der Waals surface area (Å²) in [5, 5.41) is 1.26. The summed E-state index contributed by atoms with van der Waals surface area (Å²) in [6.07, 6.45) is 3.63. The molecule has 0 fully saturated rings. The van der Waals surface area contributed by atoms with E-state index in [9.17, 15) is 9.59 Å². The highest BCUT2D eigenvalue weighted by molar-refractivity contribution is 8.13. The molecule has 0 aromatic heterocycles. The van der Waals surface area contributed by atoms with Crippen molar-refractivity contribution in [3.8, 4) is 0 Å². The number of amidine groups is 2. The van der Waals surface area contributed by atoms with E-state index in [1.807, 2.05) is 109 Å². The molecule has 4 aromatic carbocycles. The molecule has 0 aliphatic carbocycles. The molecule has 2 amide bonds. The first kappa shape index (κ1) is 29.4. The minimum atomic E-state index is -0.175. The normalized spacial score (nSPS) is 16.6. The quantitative estimate of drug-likeness (QED) is 0.185. The van der Waals surface area contributed by atoms with Crippen LogP contribution >= 0.6 is 23.5 Å². The molecule has 8 heteroatoms. The van der Waals surface area contributed by atoms with Crippen LogP contribution in [0.15, 0.2) is 143 Å². The Labute approximate surface area is 265 Å². The zero-order chi connectivity index (χ0) is 30.1. The average molecular weight is 615 g/mol. The maximum atomic E-state index is 13.7. The van der Waals surface area contributed by atoms with Gasteiger partial charge in [0.25, 0.3) is 11.8 Å². The first-order valence-electron chi connectivity index (χ1n) is 14.3. The molecule has 44 heavy (non-hydrogen) atoms. The van der Waals surface area contributed by atoms with E-state index in [1.54, 1.807) is 9.80 Å². The van der Waals surface area contributed by atoms with Crippen molar-refractivity contribution in [3.63, 3.8) is 0 Å². The molecule has 0 spiro atoms. The molecule has 2 heterocycles. The summed E-state index contributed by atoms with van der Waals surface area (Å²) >= 11 is 3.04. The SMILES string of the molecule is O=C1/C(=C/c2ccccc2)N=C(SCc2ccccc2)N1CCN1C(=O)/C(=C\c2ccccc2)N=C1SCc1ccccc1. The summed E-state index contributed by atoms with van der Waals surface area (Å²) < 4.78 is 0. The third kappa shape index (κ3) is 7.27.